The highest BCUT2D eigenvalue weighted by Crippen LogP contribution is 2.32. The summed E-state index contributed by atoms with van der Waals surface area (Å²) in [6.45, 7) is 1.82. The minimum atomic E-state index is -0.625. The Labute approximate surface area is 160 Å². The molecule has 0 saturated heterocycles. The highest BCUT2D eigenvalue weighted by Gasteiger charge is 2.18. The lowest BCUT2D eigenvalue weighted by Crippen LogP contribution is -2.19. The first-order chi connectivity index (χ1) is 13.4. The quantitative estimate of drug-likeness (QED) is 0.400. The van der Waals surface area contributed by atoms with Crippen LogP contribution < -0.4 is 10.2 Å². The molecule has 3 rings (SSSR count). The lowest BCUT2D eigenvalue weighted by molar-refractivity contribution is -0.385. The Kier molecular flexibility index (Phi) is 5.21. The molecule has 0 spiro atoms. The van der Waals surface area contributed by atoms with Gasteiger partial charge >= 0.3 is 0 Å². The Hall–Kier alpha value is -3.94. The van der Waals surface area contributed by atoms with E-state index in [0.29, 0.717) is 5.56 Å². The van der Waals surface area contributed by atoms with Gasteiger partial charge in [-0.1, -0.05) is 36.4 Å². The first-order valence-electron chi connectivity index (χ1n) is 8.29. The van der Waals surface area contributed by atoms with E-state index >= 15 is 0 Å². The van der Waals surface area contributed by atoms with E-state index in [1.165, 1.54) is 7.11 Å². The number of rotatable bonds is 5. The zero-order valence-corrected chi connectivity index (χ0v) is 15.2. The Morgan fingerprint density at radius 3 is 2.71 bits per heavy atom. The average Bonchev–Trinajstić information content (AvgIpc) is 2.67. The summed E-state index contributed by atoms with van der Waals surface area (Å²) < 4.78 is 4.88. The largest absolute Gasteiger partial charge is 0.504 e. The van der Waals surface area contributed by atoms with Crippen LogP contribution in [0.15, 0.2) is 53.6 Å². The van der Waals surface area contributed by atoms with E-state index in [9.17, 15) is 20.0 Å². The molecule has 28 heavy (non-hydrogen) atoms. The fraction of sp³-hybridized carbons (Fsp3) is 0.100. The van der Waals surface area contributed by atoms with Crippen LogP contribution >= 0.6 is 0 Å². The van der Waals surface area contributed by atoms with Gasteiger partial charge in [0.25, 0.3) is 11.6 Å². The van der Waals surface area contributed by atoms with Crippen molar-refractivity contribution >= 4 is 28.6 Å². The number of nitrogens with one attached hydrogen (secondary N) is 1. The molecular formula is C20H17N3O5. The van der Waals surface area contributed by atoms with Crippen molar-refractivity contribution in [2.24, 2.45) is 5.10 Å². The van der Waals surface area contributed by atoms with Gasteiger partial charge in [0.2, 0.25) is 0 Å². The number of aromatic hydroxyl groups is 1. The molecule has 2 N–H and O–H groups in total. The molecule has 0 aromatic heterocycles. The Morgan fingerprint density at radius 1 is 1.25 bits per heavy atom. The highest BCUT2D eigenvalue weighted by atomic mass is 16.6. The van der Waals surface area contributed by atoms with E-state index in [4.69, 9.17) is 4.74 Å². The molecule has 8 heteroatoms. The number of nitrogens with zero attached hydrogens (tertiary/aromatic N) is 2. The van der Waals surface area contributed by atoms with Crippen LogP contribution in [0.25, 0.3) is 10.8 Å². The molecule has 8 nitrogen and oxygen atoms in total. The Balaban J connectivity index is 1.90. The summed E-state index contributed by atoms with van der Waals surface area (Å²) in [4.78, 5) is 23.2. The van der Waals surface area contributed by atoms with Crippen molar-refractivity contribution in [2.75, 3.05) is 7.11 Å². The zero-order chi connectivity index (χ0) is 20.3. The number of phenols is 1. The summed E-state index contributed by atoms with van der Waals surface area (Å²) in [7, 11) is 1.29. The molecule has 0 heterocycles. The number of amides is 1. The first kappa shape index (κ1) is 18.8. The molecule has 3 aromatic carbocycles. The normalized spacial score (nSPS) is 10.9. The SMILES string of the molecule is COc1cc([N+](=O)[O-])c(/C=N\NC(=O)c2c(C)ccc3ccccc23)cc1O. The molecule has 142 valence electrons. The number of benzene rings is 3. The minimum absolute atomic E-state index is 0.0261. The van der Waals surface area contributed by atoms with Gasteiger partial charge in [-0.25, -0.2) is 5.43 Å². The van der Waals surface area contributed by atoms with Crippen molar-refractivity contribution < 1.29 is 19.6 Å². The van der Waals surface area contributed by atoms with Crippen molar-refractivity contribution in [2.45, 2.75) is 6.92 Å². The van der Waals surface area contributed by atoms with Gasteiger partial charge in [0.1, 0.15) is 0 Å². The van der Waals surface area contributed by atoms with E-state index in [2.05, 4.69) is 10.5 Å². The second kappa shape index (κ2) is 7.75. The van der Waals surface area contributed by atoms with Gasteiger partial charge in [-0.15, -0.1) is 0 Å². The lowest BCUT2D eigenvalue weighted by Gasteiger charge is -2.09. The van der Waals surface area contributed by atoms with Crippen LogP contribution in [0.2, 0.25) is 0 Å². The number of nitro groups is 1. The molecule has 0 aliphatic rings. The fourth-order valence-electron chi connectivity index (χ4n) is 2.90. The molecule has 0 aliphatic carbocycles. The third-order valence-corrected chi connectivity index (χ3v) is 4.26. The zero-order valence-electron chi connectivity index (χ0n) is 15.2. The number of carbonyl (C=O) groups is 1. The van der Waals surface area contributed by atoms with Gasteiger partial charge in [-0.3, -0.25) is 14.9 Å². The topological polar surface area (TPSA) is 114 Å². The third-order valence-electron chi connectivity index (χ3n) is 4.26. The van der Waals surface area contributed by atoms with Crippen LogP contribution in [0.5, 0.6) is 11.5 Å². The number of ether oxygens (including phenoxy) is 1. The summed E-state index contributed by atoms with van der Waals surface area (Å²) in [5, 5.41) is 26.6. The molecule has 0 radical (unpaired) electrons. The smallest absolute Gasteiger partial charge is 0.282 e. The maximum absolute atomic E-state index is 12.6. The van der Waals surface area contributed by atoms with Crippen LogP contribution in [-0.2, 0) is 0 Å². The van der Waals surface area contributed by atoms with Gasteiger partial charge in [-0.05, 0) is 29.3 Å². The summed E-state index contributed by atoms with van der Waals surface area (Å²) in [5.74, 6) is -0.740. The lowest BCUT2D eigenvalue weighted by atomic mass is 9.99. The molecule has 0 unspecified atom stereocenters. The maximum Gasteiger partial charge on any atom is 0.282 e. The molecule has 0 atom stereocenters. The number of nitro benzene ring substituents is 1. The number of hydrazone groups is 1. The van der Waals surface area contributed by atoms with Gasteiger partial charge in [0.05, 0.1) is 35.4 Å². The molecule has 0 bridgehead atoms. The molecule has 0 fully saturated rings. The number of methoxy groups -OCH3 is 1. The van der Waals surface area contributed by atoms with Crippen LogP contribution in [0.3, 0.4) is 0 Å². The second-order valence-corrected chi connectivity index (χ2v) is 6.02. The summed E-state index contributed by atoms with van der Waals surface area (Å²) in [6.07, 6.45) is 1.11. The maximum atomic E-state index is 12.6. The van der Waals surface area contributed by atoms with Crippen LogP contribution in [0.4, 0.5) is 5.69 Å². The van der Waals surface area contributed by atoms with Crippen molar-refractivity contribution in [3.05, 3.63) is 75.3 Å². The van der Waals surface area contributed by atoms with E-state index in [-0.39, 0.29) is 22.7 Å². The van der Waals surface area contributed by atoms with E-state index in [1.54, 1.807) is 0 Å². The van der Waals surface area contributed by atoms with Gasteiger partial charge in [-0.2, -0.15) is 5.10 Å². The molecule has 1 amide bonds. The highest BCUT2D eigenvalue weighted by molar-refractivity contribution is 6.08. The molecule has 0 aliphatic heterocycles. The number of aryl methyl sites for hydroxylation is 1. The van der Waals surface area contributed by atoms with Gasteiger partial charge < -0.3 is 9.84 Å². The van der Waals surface area contributed by atoms with Crippen LogP contribution in [0.1, 0.15) is 21.5 Å². The number of fused-ring (bicyclic) bond motifs is 1. The van der Waals surface area contributed by atoms with Crippen molar-refractivity contribution in [3.8, 4) is 11.5 Å². The number of carbonyl (C=O) groups excluding carboxylic acids is 1. The van der Waals surface area contributed by atoms with Crippen molar-refractivity contribution in [1.29, 1.82) is 0 Å². The number of phenolic OH excluding ortho intramolecular Hbond substituents is 1. The van der Waals surface area contributed by atoms with E-state index < -0.39 is 10.8 Å². The standard InChI is InChI=1S/C20H17N3O5/c1-12-7-8-13-5-3-4-6-15(13)19(12)20(25)22-21-11-14-9-17(24)18(28-2)10-16(14)23(26)27/h3-11,24H,1-2H3,(H,22,25)/b21-11-. The average molecular weight is 379 g/mol. The van der Waals surface area contributed by atoms with E-state index in [1.807, 2.05) is 43.3 Å². The van der Waals surface area contributed by atoms with Crippen LogP contribution in [-0.4, -0.2) is 29.3 Å². The predicted molar refractivity (Wildman–Crippen MR) is 105 cm³/mol. The second-order valence-electron chi connectivity index (χ2n) is 6.02. The molecule has 3 aromatic rings. The monoisotopic (exact) mass is 379 g/mol. The summed E-state index contributed by atoms with van der Waals surface area (Å²) >= 11 is 0. The van der Waals surface area contributed by atoms with Gasteiger partial charge in [0, 0.05) is 0 Å². The molecule has 0 saturated carbocycles. The Bertz CT molecular complexity index is 1110. The van der Waals surface area contributed by atoms with Crippen molar-refractivity contribution in [3.63, 3.8) is 0 Å². The predicted octanol–water partition coefficient (Wildman–Crippen LogP) is 3.53. The van der Waals surface area contributed by atoms with Gasteiger partial charge in [0.15, 0.2) is 11.5 Å². The summed E-state index contributed by atoms with van der Waals surface area (Å²) in [5.41, 5.74) is 3.36. The van der Waals surface area contributed by atoms with Crippen LogP contribution in [0, 0.1) is 17.0 Å². The van der Waals surface area contributed by atoms with Crippen molar-refractivity contribution in [1.82, 2.24) is 5.43 Å². The van der Waals surface area contributed by atoms with E-state index in [0.717, 1.165) is 34.7 Å². The number of hydrogen-bond acceptors (Lipinski definition) is 6. The number of hydrogen-bond donors (Lipinski definition) is 2. The Morgan fingerprint density at radius 2 is 2.00 bits per heavy atom. The third kappa shape index (κ3) is 3.61. The minimum Gasteiger partial charge on any atom is -0.504 e. The fourth-order valence-corrected chi connectivity index (χ4v) is 2.90. The summed E-state index contributed by atoms with van der Waals surface area (Å²) in [6, 6.07) is 13.5. The molecular weight excluding hydrogens is 362 g/mol. The first-order valence-corrected chi connectivity index (χ1v) is 8.29.